The molecule has 1 N–H and O–H groups in total. The minimum Gasteiger partial charge on any atom is -1.00 e. The Morgan fingerprint density at radius 1 is 0.431 bits per heavy atom. The molecule has 2 aliphatic heterocycles. The largest absolute Gasteiger partial charge is 1.00 e. The van der Waals surface area contributed by atoms with Crippen LogP contribution in [0.1, 0.15) is 136 Å². The predicted octanol–water partition coefficient (Wildman–Crippen LogP) is 17.9. The normalized spacial score (nSPS) is 31.1. The van der Waals surface area contributed by atoms with Crippen molar-refractivity contribution in [3.8, 4) is 0 Å². The molecule has 14 fully saturated rings. The maximum absolute atomic E-state index is 13.6. The topological polar surface area (TPSA) is 175 Å². The fraction of sp³-hybridized carbons (Fsp3) is 0.505. The van der Waals surface area contributed by atoms with Crippen LogP contribution >= 0.6 is 22.6 Å². The Balaban J connectivity index is 0.000000144. The molecule has 14 nitrogen and oxygen atoms in total. The zero-order valence-corrected chi connectivity index (χ0v) is 74.0. The van der Waals surface area contributed by atoms with E-state index in [9.17, 15) is 72.7 Å². The number of nitrogens with one attached hydrogen (secondary N) is 1. The molecule has 14 aliphatic rings. The monoisotopic (exact) mass is 1930 g/mol. The van der Waals surface area contributed by atoms with E-state index < -0.39 is 164 Å². The van der Waals surface area contributed by atoms with Crippen molar-refractivity contribution in [3.05, 3.63) is 206 Å². The highest BCUT2D eigenvalue weighted by atomic mass is 127. The molecule has 12 atom stereocenters. The van der Waals surface area contributed by atoms with E-state index in [1.165, 1.54) is 18.5 Å². The van der Waals surface area contributed by atoms with Gasteiger partial charge in [0, 0.05) is 69.4 Å². The van der Waals surface area contributed by atoms with Crippen molar-refractivity contribution in [3.63, 3.8) is 0 Å². The number of hydrogen-bond donors (Lipinski definition) is 0. The average molecular weight is 1930 g/mol. The number of fused-ring (bicyclic) bond motifs is 2. The first-order chi connectivity index (χ1) is 57.7. The number of halogens is 12. The second-order valence-electron chi connectivity index (χ2n) is 34.7. The number of rotatable bonds is 17. The molecule has 0 radical (unpaired) electrons. The number of benzene rings is 6. The van der Waals surface area contributed by atoms with Crippen molar-refractivity contribution in [2.45, 2.75) is 214 Å². The first-order valence-electron chi connectivity index (χ1n) is 41.7. The Morgan fingerprint density at radius 3 is 0.951 bits per heavy atom. The number of H-pyrrole nitrogens is 1. The van der Waals surface area contributed by atoms with E-state index in [4.69, 9.17) is 28.4 Å². The van der Waals surface area contributed by atoms with Crippen LogP contribution in [0.4, 0.5) is 49.6 Å². The van der Waals surface area contributed by atoms with Crippen molar-refractivity contribution in [2.75, 3.05) is 23.9 Å². The quantitative estimate of drug-likeness (QED) is 0.0210. The zero-order valence-electron chi connectivity index (χ0n) is 68.6. The molecular weight excluding hydrogens is 1820 g/mol. The maximum atomic E-state index is 13.6. The van der Waals surface area contributed by atoms with Crippen LogP contribution < -0.4 is 26.9 Å². The van der Waals surface area contributed by atoms with E-state index in [1.54, 1.807) is 24.3 Å². The zero-order chi connectivity index (χ0) is 86.4. The summed E-state index contributed by atoms with van der Waals surface area (Å²) in [6.45, 7) is 5.11. The molecule has 0 spiro atoms. The summed E-state index contributed by atoms with van der Waals surface area (Å²) in [5, 5.41) is 0. The third-order valence-corrected chi connectivity index (χ3v) is 32.0. The van der Waals surface area contributed by atoms with E-state index in [2.05, 4.69) is 46.3 Å². The van der Waals surface area contributed by atoms with Crippen LogP contribution in [0.15, 0.2) is 224 Å². The molecule has 0 amide bonds. The van der Waals surface area contributed by atoms with Gasteiger partial charge in [0.25, 0.3) is 0 Å². The summed E-state index contributed by atoms with van der Waals surface area (Å²) in [6.07, 6.45) is 5.35. The van der Waals surface area contributed by atoms with Gasteiger partial charge in [0.05, 0.1) is 56.6 Å². The third kappa shape index (κ3) is 19.4. The summed E-state index contributed by atoms with van der Waals surface area (Å²) >= 11 is 2.15. The van der Waals surface area contributed by atoms with Crippen molar-refractivity contribution in [1.82, 2.24) is 0 Å². The van der Waals surface area contributed by atoms with Gasteiger partial charge in [0.1, 0.15) is 35.6 Å². The maximum Gasteiger partial charge on any atom is 0.416 e. The van der Waals surface area contributed by atoms with Crippen LogP contribution in [-0.4, -0.2) is 102 Å². The molecule has 28 heteroatoms. The van der Waals surface area contributed by atoms with Crippen molar-refractivity contribution >= 4 is 85.9 Å². The second kappa shape index (κ2) is 38.5. The molecule has 123 heavy (non-hydrogen) atoms. The molecule has 6 aromatic carbocycles. The van der Waals surface area contributed by atoms with E-state index in [0.29, 0.717) is 50.4 Å². The summed E-state index contributed by atoms with van der Waals surface area (Å²) < 4.78 is 164. The number of ether oxygens (including phenoxy) is 6. The number of aromatic amines is 1. The molecule has 12 bridgehead atoms. The van der Waals surface area contributed by atoms with Gasteiger partial charge in [-0.2, -0.15) is 43.9 Å². The Labute approximate surface area is 742 Å². The van der Waals surface area contributed by atoms with Crippen molar-refractivity contribution < 1.29 is 123 Å². The average Bonchev–Trinajstić information content (AvgIpc) is 1.49. The molecule has 3 heterocycles. The lowest BCUT2D eigenvalue weighted by Crippen LogP contribution is -3.00. The molecule has 7 aromatic rings. The van der Waals surface area contributed by atoms with Gasteiger partial charge in [-0.15, -0.1) is 0 Å². The van der Waals surface area contributed by atoms with Gasteiger partial charge in [-0.05, 0) is 239 Å². The van der Waals surface area contributed by atoms with Gasteiger partial charge < -0.3 is 50.3 Å². The lowest BCUT2D eigenvalue weighted by molar-refractivity contribution is -0.377. The third-order valence-electron chi connectivity index (χ3n) is 27.5. The van der Waals surface area contributed by atoms with Crippen LogP contribution in [0.2, 0.25) is 0 Å². The highest BCUT2D eigenvalue weighted by molar-refractivity contribution is 14.1. The number of carbonyl (C=O) groups excluding carboxylic acids is 6. The number of esters is 6. The first kappa shape index (κ1) is 94.4. The van der Waals surface area contributed by atoms with E-state index in [1.807, 2.05) is 165 Å². The predicted molar refractivity (Wildman–Crippen MR) is 447 cm³/mol. The lowest BCUT2D eigenvalue weighted by Gasteiger charge is -2.60. The molecule has 12 unspecified atom stereocenters. The van der Waals surface area contributed by atoms with E-state index >= 15 is 0 Å². The summed E-state index contributed by atoms with van der Waals surface area (Å²) in [7, 11) is 3.21. The number of aromatic nitrogens is 1. The Hall–Kier alpha value is -7.70. The minimum atomic E-state index is -4.31. The van der Waals surface area contributed by atoms with Crippen LogP contribution in [0.3, 0.4) is 0 Å². The second-order valence-corrected chi connectivity index (χ2v) is 38.7. The first-order valence-corrected chi connectivity index (χ1v) is 46.4. The molecule has 12 saturated carbocycles. The minimum absolute atomic E-state index is 0. The number of nitrogens with zero attached hydrogens (tertiary/aromatic N) is 1. The van der Waals surface area contributed by atoms with Gasteiger partial charge >= 0.3 is 60.0 Å². The highest BCUT2D eigenvalue weighted by Crippen LogP contribution is 2.66. The molecule has 662 valence electrons. The molecule has 21 rings (SSSR count). The van der Waals surface area contributed by atoms with Crippen molar-refractivity contribution in [1.29, 1.82) is 0 Å². The summed E-state index contributed by atoms with van der Waals surface area (Å²) in [5.74, 6) is -12.6. The Kier molecular flexibility index (Phi) is 29.5. The smallest absolute Gasteiger partial charge is 0.416 e. The lowest BCUT2D eigenvalue weighted by atomic mass is 9.49. The number of pyridine rings is 1. The van der Waals surface area contributed by atoms with Crippen molar-refractivity contribution in [2.24, 2.45) is 94.7 Å². The fourth-order valence-electron chi connectivity index (χ4n) is 22.8. The van der Waals surface area contributed by atoms with Gasteiger partial charge in [-0.3, -0.25) is 19.2 Å². The van der Waals surface area contributed by atoms with Crippen LogP contribution in [0.25, 0.3) is 0 Å². The fourth-order valence-corrected chi connectivity index (χ4v) is 26.9. The number of hydrogen-bond acceptors (Lipinski definition) is 13. The highest BCUT2D eigenvalue weighted by Gasteiger charge is 2.74. The van der Waals surface area contributed by atoms with Crippen LogP contribution in [-0.2, 0) is 91.3 Å². The SMILES string of the molecule is C.CCC1(OC(=O)C2C3CC4C(OC(=O)C42)C3OC(=O)C(C)(F)F)C2CC3CC(C2)CC1C3.CCC1(OC(=O)C2C3CC4C(OC(=O)C42)C3OC(=O)C(C)(F)F)C2CC3CC(C2)CC1C3.CI.CN(C)c1cc[nH+]cc1.FC(F)(F)c1ccc([S+](c2ccccc2)c2ccccc2)cc1.FC(F)(F)c1ccc([S+](c2ccccc2)c2ccccc2)cc1.[Br-]. The van der Waals surface area contributed by atoms with Gasteiger partial charge in [-0.25, -0.2) is 14.6 Å². The summed E-state index contributed by atoms with van der Waals surface area (Å²) in [5.41, 5.74) is -1.03. The summed E-state index contributed by atoms with van der Waals surface area (Å²) in [4.78, 5) is 89.3. The number of anilines is 1. The van der Waals surface area contributed by atoms with Gasteiger partial charge in [0.2, 0.25) is 0 Å². The van der Waals surface area contributed by atoms with Crippen LogP contribution in [0.5, 0.6) is 0 Å². The van der Waals surface area contributed by atoms with Gasteiger partial charge in [0.15, 0.2) is 41.8 Å². The molecule has 2 saturated heterocycles. The molecular formula is C95H106BrF10IN2O12S2+2. The molecule has 1 aromatic heterocycles. The Morgan fingerprint density at radius 2 is 0.707 bits per heavy atom. The van der Waals surface area contributed by atoms with E-state index in [-0.39, 0.29) is 36.2 Å². The Bertz CT molecular complexity index is 4360. The van der Waals surface area contributed by atoms with E-state index in [0.717, 1.165) is 142 Å². The van der Waals surface area contributed by atoms with Gasteiger partial charge in [-0.1, -0.05) is 117 Å². The number of alkyl halides is 11. The van der Waals surface area contributed by atoms with Crippen LogP contribution in [0, 0.1) is 94.7 Å². The summed E-state index contributed by atoms with van der Waals surface area (Å²) in [6, 6.07) is 54.3. The molecule has 12 aliphatic carbocycles. The standard InChI is InChI=1S/2C24H30F2O6.2C19H14F3S.C7H10N2.CH3I.CH4.BrH/c2*1-3-24(12-5-10-4-11(7-12)8-13(24)6-10)32-21(28)17-15-9-14-16(17)20(27)30-18(14)19(15)31-22(29)23(2,25)26;2*20-19(21,22)15-11-13-18(14-12-15)23(16-7-3-1-4-8-16)17-9-5-2-6-10-17;1-9(2)7-3-5-8-6-4-7;1-2;;/h2*10-19H,3-9H2,1-2H3;2*1-14H;3-6H,1-2H3;1H3;1H4;1H/q;;2*+1;;;;. The number of carbonyl (C=O) groups is 6.